The number of hydrogen-bond acceptors (Lipinski definition) is 2. The molecule has 0 atom stereocenters. The van der Waals surface area contributed by atoms with Gasteiger partial charge in [-0.15, -0.1) is 0 Å². The summed E-state index contributed by atoms with van der Waals surface area (Å²) >= 11 is 0. The second-order valence-corrected chi connectivity index (χ2v) is 3.12. The molecule has 3 rings (SSSR count). The maximum Gasteiger partial charge on any atom is 0.172 e. The van der Waals surface area contributed by atoms with Crippen LogP contribution >= 0.6 is 0 Å². The zero-order valence-electron chi connectivity index (χ0n) is 6.61. The normalized spacial score (nSPS) is 16.7. The van der Waals surface area contributed by atoms with E-state index in [1.807, 2.05) is 6.07 Å². The Morgan fingerprint density at radius 2 is 2.50 bits per heavy atom. The predicted molar refractivity (Wildman–Crippen MR) is 44.8 cm³/mol. The molecule has 0 spiro atoms. The van der Waals surface area contributed by atoms with Crippen LogP contribution < -0.4 is 5.32 Å². The predicted octanol–water partition coefficient (Wildman–Crippen LogP) is 1.21. The van der Waals surface area contributed by atoms with Gasteiger partial charge in [0.25, 0.3) is 0 Å². The fraction of sp³-hybridized carbons (Fsp3) is 0.333. The minimum atomic E-state index is 0.913. The van der Waals surface area contributed by atoms with Crippen LogP contribution in [0, 0.1) is 6.26 Å². The van der Waals surface area contributed by atoms with Crippen LogP contribution in [0.1, 0.15) is 11.3 Å². The van der Waals surface area contributed by atoms with Gasteiger partial charge >= 0.3 is 0 Å². The molecule has 0 fully saturated rings. The summed E-state index contributed by atoms with van der Waals surface area (Å²) in [6, 6.07) is 1.85. The number of aromatic nitrogens is 1. The van der Waals surface area contributed by atoms with Crippen LogP contribution in [0.4, 0.5) is 0 Å². The van der Waals surface area contributed by atoms with Crippen LogP contribution in [-0.4, -0.2) is 11.5 Å². The Morgan fingerprint density at radius 1 is 1.50 bits per heavy atom. The van der Waals surface area contributed by atoms with Crippen LogP contribution in [0.5, 0.6) is 0 Å². The number of H-pyrrole nitrogens is 1. The minimum absolute atomic E-state index is 0.913. The number of hydrogen-bond donors (Lipinski definition) is 2. The highest BCUT2D eigenvalue weighted by molar-refractivity contribution is 5.78. The lowest BCUT2D eigenvalue weighted by atomic mass is 10.1. The zero-order valence-corrected chi connectivity index (χ0v) is 6.61. The Morgan fingerprint density at radius 3 is 3.50 bits per heavy atom. The lowest BCUT2D eigenvalue weighted by molar-refractivity contribution is 0.584. The number of nitrogens with one attached hydrogen (secondary N) is 2. The second-order valence-electron chi connectivity index (χ2n) is 3.12. The molecule has 0 unspecified atom stereocenters. The van der Waals surface area contributed by atoms with Gasteiger partial charge in [0.05, 0.1) is 5.52 Å². The van der Waals surface area contributed by atoms with E-state index in [1.165, 1.54) is 11.3 Å². The molecule has 2 aromatic rings. The van der Waals surface area contributed by atoms with E-state index in [0.717, 1.165) is 30.6 Å². The first-order valence-corrected chi connectivity index (χ1v) is 4.15. The SMILES string of the molecule is [c]1cc2[nH]c3c(c2o1)CNCC3. The van der Waals surface area contributed by atoms with Crippen molar-refractivity contribution in [3.05, 3.63) is 23.6 Å². The molecule has 3 nitrogen and oxygen atoms in total. The molecule has 2 aromatic heterocycles. The number of fused-ring (bicyclic) bond motifs is 3. The molecule has 0 aliphatic carbocycles. The van der Waals surface area contributed by atoms with Gasteiger partial charge in [-0.25, -0.2) is 0 Å². The number of furan rings is 1. The fourth-order valence-electron chi connectivity index (χ4n) is 1.79. The Balaban J connectivity index is 2.34. The second kappa shape index (κ2) is 2.14. The van der Waals surface area contributed by atoms with Crippen LogP contribution in [0.25, 0.3) is 11.1 Å². The largest absolute Gasteiger partial charge is 0.451 e. The van der Waals surface area contributed by atoms with Gasteiger partial charge < -0.3 is 14.7 Å². The van der Waals surface area contributed by atoms with E-state index in [1.54, 1.807) is 0 Å². The van der Waals surface area contributed by atoms with E-state index in [4.69, 9.17) is 4.42 Å². The topological polar surface area (TPSA) is 41.0 Å². The Kier molecular flexibility index (Phi) is 1.12. The molecule has 1 aliphatic heterocycles. The molecule has 0 saturated carbocycles. The minimum Gasteiger partial charge on any atom is -0.451 e. The van der Waals surface area contributed by atoms with Crippen molar-refractivity contribution < 1.29 is 4.42 Å². The summed E-state index contributed by atoms with van der Waals surface area (Å²) in [5.41, 5.74) is 4.63. The molecule has 1 radical (unpaired) electrons. The first-order valence-electron chi connectivity index (χ1n) is 4.15. The summed E-state index contributed by atoms with van der Waals surface area (Å²) in [5.74, 6) is 0. The summed E-state index contributed by atoms with van der Waals surface area (Å²) in [5, 5.41) is 3.32. The fourth-order valence-corrected chi connectivity index (χ4v) is 1.79. The molecule has 2 N–H and O–H groups in total. The van der Waals surface area contributed by atoms with Crippen LogP contribution in [-0.2, 0) is 13.0 Å². The molecule has 3 heteroatoms. The highest BCUT2D eigenvalue weighted by Crippen LogP contribution is 2.24. The van der Waals surface area contributed by atoms with Gasteiger partial charge in [-0.2, -0.15) is 0 Å². The Labute approximate surface area is 69.8 Å². The van der Waals surface area contributed by atoms with E-state index < -0.39 is 0 Å². The average molecular weight is 161 g/mol. The average Bonchev–Trinajstić information content (AvgIpc) is 2.62. The van der Waals surface area contributed by atoms with Gasteiger partial charge in [0, 0.05) is 36.8 Å². The molecular weight excluding hydrogens is 152 g/mol. The highest BCUT2D eigenvalue weighted by Gasteiger charge is 2.16. The third-order valence-corrected chi connectivity index (χ3v) is 2.39. The molecular formula is C9H9N2O. The summed E-state index contributed by atoms with van der Waals surface area (Å²) in [6.45, 7) is 1.97. The summed E-state index contributed by atoms with van der Waals surface area (Å²) < 4.78 is 5.26. The zero-order chi connectivity index (χ0) is 7.97. The lowest BCUT2D eigenvalue weighted by Crippen LogP contribution is -2.22. The molecule has 1 aliphatic rings. The van der Waals surface area contributed by atoms with Crippen molar-refractivity contribution in [2.24, 2.45) is 0 Å². The summed E-state index contributed by atoms with van der Waals surface area (Å²) in [4.78, 5) is 3.33. The van der Waals surface area contributed by atoms with Gasteiger partial charge in [0.2, 0.25) is 0 Å². The maximum absolute atomic E-state index is 5.26. The van der Waals surface area contributed by atoms with Crippen molar-refractivity contribution in [1.82, 2.24) is 10.3 Å². The van der Waals surface area contributed by atoms with Crippen LogP contribution in [0.3, 0.4) is 0 Å². The molecule has 0 aromatic carbocycles. The summed E-state index contributed by atoms with van der Waals surface area (Å²) in [7, 11) is 0. The molecule has 61 valence electrons. The van der Waals surface area contributed by atoms with Crippen LogP contribution in [0.15, 0.2) is 10.5 Å². The molecule has 0 amide bonds. The van der Waals surface area contributed by atoms with Crippen LogP contribution in [0.2, 0.25) is 0 Å². The molecule has 12 heavy (non-hydrogen) atoms. The quantitative estimate of drug-likeness (QED) is 0.609. The van der Waals surface area contributed by atoms with Gasteiger partial charge in [-0.1, -0.05) is 0 Å². The Hall–Kier alpha value is -1.22. The van der Waals surface area contributed by atoms with Gasteiger partial charge in [0.1, 0.15) is 0 Å². The lowest BCUT2D eigenvalue weighted by Gasteiger charge is -2.11. The third kappa shape index (κ3) is 0.689. The van der Waals surface area contributed by atoms with Gasteiger partial charge in [-0.3, -0.25) is 0 Å². The van der Waals surface area contributed by atoms with E-state index in [-0.39, 0.29) is 0 Å². The van der Waals surface area contributed by atoms with Crippen molar-refractivity contribution in [2.45, 2.75) is 13.0 Å². The summed E-state index contributed by atoms with van der Waals surface area (Å²) in [6.07, 6.45) is 3.80. The van der Waals surface area contributed by atoms with Crippen molar-refractivity contribution in [2.75, 3.05) is 6.54 Å². The first-order chi connectivity index (χ1) is 5.95. The Bertz CT molecular complexity index is 413. The molecule has 3 heterocycles. The highest BCUT2D eigenvalue weighted by atomic mass is 16.3. The number of aromatic amines is 1. The maximum atomic E-state index is 5.26. The van der Waals surface area contributed by atoms with Crippen molar-refractivity contribution in [3.63, 3.8) is 0 Å². The molecule has 0 saturated heterocycles. The van der Waals surface area contributed by atoms with E-state index >= 15 is 0 Å². The van der Waals surface area contributed by atoms with Gasteiger partial charge in [-0.05, 0) is 0 Å². The van der Waals surface area contributed by atoms with E-state index in [2.05, 4.69) is 16.6 Å². The van der Waals surface area contributed by atoms with Crippen molar-refractivity contribution >= 4 is 11.1 Å². The van der Waals surface area contributed by atoms with Gasteiger partial charge in [0.15, 0.2) is 11.8 Å². The first kappa shape index (κ1) is 6.31. The van der Waals surface area contributed by atoms with Crippen molar-refractivity contribution in [3.8, 4) is 0 Å². The van der Waals surface area contributed by atoms with E-state index in [9.17, 15) is 0 Å². The van der Waals surface area contributed by atoms with E-state index in [0.29, 0.717) is 0 Å². The monoisotopic (exact) mass is 161 g/mol. The molecule has 0 bridgehead atoms. The third-order valence-electron chi connectivity index (χ3n) is 2.39. The smallest absolute Gasteiger partial charge is 0.172 e. The number of rotatable bonds is 0. The standard InChI is InChI=1S/C9H9N2O/c1-3-10-5-6-7(1)11-8-2-4-12-9(6)8/h2,10-11H,1,3,5H2. The van der Waals surface area contributed by atoms with Crippen molar-refractivity contribution in [1.29, 1.82) is 0 Å².